The standard InChI is InChI=1S/C10H20O2/c1-9(12)8-10(6-7-11)4-2-3-5-10/h9,11-12H,2-8H2,1H3. The van der Waals surface area contributed by atoms with Gasteiger partial charge in [0, 0.05) is 6.61 Å². The molecule has 1 saturated carbocycles. The molecule has 0 heterocycles. The van der Waals surface area contributed by atoms with Crippen LogP contribution < -0.4 is 0 Å². The van der Waals surface area contributed by atoms with E-state index in [9.17, 15) is 5.11 Å². The molecule has 0 spiro atoms. The quantitative estimate of drug-likeness (QED) is 0.677. The van der Waals surface area contributed by atoms with Gasteiger partial charge in [-0.05, 0) is 38.0 Å². The van der Waals surface area contributed by atoms with Crippen LogP contribution in [0.3, 0.4) is 0 Å². The Bertz CT molecular complexity index is 126. The highest BCUT2D eigenvalue weighted by Gasteiger charge is 2.33. The van der Waals surface area contributed by atoms with E-state index >= 15 is 0 Å². The summed E-state index contributed by atoms with van der Waals surface area (Å²) in [4.78, 5) is 0. The van der Waals surface area contributed by atoms with E-state index in [0.29, 0.717) is 0 Å². The van der Waals surface area contributed by atoms with Crippen molar-refractivity contribution >= 4 is 0 Å². The van der Waals surface area contributed by atoms with Crippen molar-refractivity contribution in [2.24, 2.45) is 5.41 Å². The van der Waals surface area contributed by atoms with Gasteiger partial charge in [-0.15, -0.1) is 0 Å². The molecule has 0 saturated heterocycles. The second-order valence-corrected chi connectivity index (χ2v) is 4.23. The molecule has 0 aliphatic heterocycles. The fourth-order valence-corrected chi connectivity index (χ4v) is 2.55. The lowest BCUT2D eigenvalue weighted by molar-refractivity contribution is 0.0906. The number of rotatable bonds is 4. The van der Waals surface area contributed by atoms with Gasteiger partial charge in [-0.1, -0.05) is 12.8 Å². The summed E-state index contributed by atoms with van der Waals surface area (Å²) in [6.45, 7) is 2.12. The Hall–Kier alpha value is -0.0800. The van der Waals surface area contributed by atoms with Gasteiger partial charge in [0.25, 0.3) is 0 Å². The Morgan fingerprint density at radius 2 is 1.92 bits per heavy atom. The molecular weight excluding hydrogens is 152 g/mol. The van der Waals surface area contributed by atoms with Crippen molar-refractivity contribution in [1.82, 2.24) is 0 Å². The highest BCUT2D eigenvalue weighted by atomic mass is 16.3. The number of aliphatic hydroxyl groups is 2. The zero-order valence-electron chi connectivity index (χ0n) is 7.92. The monoisotopic (exact) mass is 172 g/mol. The second-order valence-electron chi connectivity index (χ2n) is 4.23. The Labute approximate surface area is 74.6 Å². The minimum atomic E-state index is -0.213. The van der Waals surface area contributed by atoms with E-state index in [2.05, 4.69) is 0 Å². The van der Waals surface area contributed by atoms with Gasteiger partial charge < -0.3 is 10.2 Å². The Balaban J connectivity index is 2.46. The molecule has 1 aliphatic rings. The van der Waals surface area contributed by atoms with Crippen molar-refractivity contribution in [2.75, 3.05) is 6.61 Å². The largest absolute Gasteiger partial charge is 0.396 e. The molecule has 72 valence electrons. The Morgan fingerprint density at radius 1 is 1.33 bits per heavy atom. The summed E-state index contributed by atoms with van der Waals surface area (Å²) < 4.78 is 0. The molecule has 0 bridgehead atoms. The van der Waals surface area contributed by atoms with Crippen LogP contribution in [0.25, 0.3) is 0 Å². The van der Waals surface area contributed by atoms with E-state index in [1.807, 2.05) is 6.92 Å². The molecule has 0 aromatic heterocycles. The first-order valence-electron chi connectivity index (χ1n) is 4.97. The molecule has 0 aromatic rings. The van der Waals surface area contributed by atoms with Gasteiger partial charge in [0.1, 0.15) is 0 Å². The average Bonchev–Trinajstić information content (AvgIpc) is 2.36. The molecule has 1 fully saturated rings. The van der Waals surface area contributed by atoms with Gasteiger partial charge in [0.05, 0.1) is 6.10 Å². The van der Waals surface area contributed by atoms with Crippen LogP contribution in [-0.2, 0) is 0 Å². The second kappa shape index (κ2) is 4.24. The SMILES string of the molecule is CC(O)CC1(CCO)CCCC1. The number of hydrogen-bond donors (Lipinski definition) is 2. The van der Waals surface area contributed by atoms with Crippen LogP contribution in [0, 0.1) is 5.41 Å². The summed E-state index contributed by atoms with van der Waals surface area (Å²) in [5.41, 5.74) is 0.267. The molecule has 0 aromatic carbocycles. The number of hydrogen-bond acceptors (Lipinski definition) is 2. The molecule has 0 amide bonds. The highest BCUT2D eigenvalue weighted by molar-refractivity contribution is 4.85. The first-order chi connectivity index (χ1) is 5.68. The maximum Gasteiger partial charge on any atom is 0.0517 e. The first kappa shape index (κ1) is 10.0. The third-order valence-electron chi connectivity index (χ3n) is 3.03. The molecule has 0 radical (unpaired) electrons. The van der Waals surface area contributed by atoms with Gasteiger partial charge in [0.15, 0.2) is 0 Å². The molecular formula is C10H20O2. The predicted molar refractivity (Wildman–Crippen MR) is 48.9 cm³/mol. The fraction of sp³-hybridized carbons (Fsp3) is 1.00. The topological polar surface area (TPSA) is 40.5 Å². The highest BCUT2D eigenvalue weighted by Crippen LogP contribution is 2.44. The summed E-state index contributed by atoms with van der Waals surface area (Å²) in [5.74, 6) is 0. The van der Waals surface area contributed by atoms with Crippen LogP contribution in [0.1, 0.15) is 45.4 Å². The van der Waals surface area contributed by atoms with Crippen molar-refractivity contribution in [3.05, 3.63) is 0 Å². The average molecular weight is 172 g/mol. The molecule has 12 heavy (non-hydrogen) atoms. The van der Waals surface area contributed by atoms with Gasteiger partial charge >= 0.3 is 0 Å². The smallest absolute Gasteiger partial charge is 0.0517 e. The van der Waals surface area contributed by atoms with Crippen LogP contribution in [0.4, 0.5) is 0 Å². The van der Waals surface area contributed by atoms with E-state index < -0.39 is 0 Å². The van der Waals surface area contributed by atoms with Crippen LogP contribution in [0.5, 0.6) is 0 Å². The molecule has 1 unspecified atom stereocenters. The van der Waals surface area contributed by atoms with E-state index in [0.717, 1.165) is 12.8 Å². The molecule has 2 nitrogen and oxygen atoms in total. The zero-order valence-corrected chi connectivity index (χ0v) is 7.92. The van der Waals surface area contributed by atoms with E-state index in [4.69, 9.17) is 5.11 Å². The van der Waals surface area contributed by atoms with Crippen molar-refractivity contribution in [1.29, 1.82) is 0 Å². The maximum absolute atomic E-state index is 9.32. The fourth-order valence-electron chi connectivity index (χ4n) is 2.55. The Morgan fingerprint density at radius 3 is 2.33 bits per heavy atom. The number of aliphatic hydroxyl groups excluding tert-OH is 2. The summed E-state index contributed by atoms with van der Waals surface area (Å²) in [6, 6.07) is 0. The van der Waals surface area contributed by atoms with Crippen molar-refractivity contribution in [2.45, 2.75) is 51.6 Å². The lowest BCUT2D eigenvalue weighted by Gasteiger charge is -2.29. The molecule has 1 atom stereocenters. The van der Waals surface area contributed by atoms with Gasteiger partial charge in [-0.25, -0.2) is 0 Å². The van der Waals surface area contributed by atoms with Crippen LogP contribution in [-0.4, -0.2) is 22.9 Å². The summed E-state index contributed by atoms with van der Waals surface area (Å²) in [5, 5.41) is 18.2. The van der Waals surface area contributed by atoms with Gasteiger partial charge in [-0.3, -0.25) is 0 Å². The minimum Gasteiger partial charge on any atom is -0.396 e. The summed E-state index contributed by atoms with van der Waals surface area (Å²) in [6.07, 6.45) is 6.46. The van der Waals surface area contributed by atoms with Crippen molar-refractivity contribution in [3.63, 3.8) is 0 Å². The van der Waals surface area contributed by atoms with Crippen molar-refractivity contribution < 1.29 is 10.2 Å². The molecule has 1 aliphatic carbocycles. The normalized spacial score (nSPS) is 24.2. The van der Waals surface area contributed by atoms with Crippen molar-refractivity contribution in [3.8, 4) is 0 Å². The van der Waals surface area contributed by atoms with Crippen LogP contribution in [0.15, 0.2) is 0 Å². The van der Waals surface area contributed by atoms with E-state index in [1.165, 1.54) is 25.7 Å². The zero-order chi connectivity index (χ0) is 9.03. The third-order valence-corrected chi connectivity index (χ3v) is 3.03. The lowest BCUT2D eigenvalue weighted by atomic mass is 9.78. The van der Waals surface area contributed by atoms with E-state index in [1.54, 1.807) is 0 Å². The Kier molecular flexibility index (Phi) is 3.53. The third kappa shape index (κ3) is 2.46. The van der Waals surface area contributed by atoms with E-state index in [-0.39, 0.29) is 18.1 Å². The predicted octanol–water partition coefficient (Wildman–Crippen LogP) is 1.70. The summed E-state index contributed by atoms with van der Waals surface area (Å²) >= 11 is 0. The maximum atomic E-state index is 9.32. The van der Waals surface area contributed by atoms with Crippen LogP contribution in [0.2, 0.25) is 0 Å². The summed E-state index contributed by atoms with van der Waals surface area (Å²) in [7, 11) is 0. The van der Waals surface area contributed by atoms with Gasteiger partial charge in [0.2, 0.25) is 0 Å². The van der Waals surface area contributed by atoms with Crippen LogP contribution >= 0.6 is 0 Å². The molecule has 1 rings (SSSR count). The molecule has 2 heteroatoms. The first-order valence-corrected chi connectivity index (χ1v) is 4.97. The molecule has 2 N–H and O–H groups in total. The lowest BCUT2D eigenvalue weighted by Crippen LogP contribution is -2.23. The van der Waals surface area contributed by atoms with Gasteiger partial charge in [-0.2, -0.15) is 0 Å². The minimum absolute atomic E-state index is 0.213.